The molecule has 1 saturated carbocycles. The van der Waals surface area contributed by atoms with Gasteiger partial charge in [-0.15, -0.1) is 0 Å². The van der Waals surface area contributed by atoms with Crippen LogP contribution >= 0.6 is 15.9 Å². The van der Waals surface area contributed by atoms with Crippen molar-refractivity contribution in [3.8, 4) is 11.4 Å². The molecule has 0 atom stereocenters. The average molecular weight is 433 g/mol. The van der Waals surface area contributed by atoms with Crippen LogP contribution in [0.3, 0.4) is 0 Å². The van der Waals surface area contributed by atoms with E-state index in [0.29, 0.717) is 5.82 Å². The lowest BCUT2D eigenvalue weighted by atomic mass is 9.94. The first-order valence-corrected chi connectivity index (χ1v) is 9.61. The number of hydrogen-bond donors (Lipinski definition) is 0. The average Bonchev–Trinajstić information content (AvgIpc) is 3.22. The Balaban J connectivity index is 1.52. The highest BCUT2D eigenvalue weighted by Gasteiger charge is 2.48. The number of rotatable bonds is 4. The van der Waals surface area contributed by atoms with Gasteiger partial charge in [-0.05, 0) is 25.0 Å². The van der Waals surface area contributed by atoms with Crippen LogP contribution < -0.4 is 0 Å². The molecule has 2 aliphatic rings. The number of imide groups is 2. The van der Waals surface area contributed by atoms with E-state index in [4.69, 9.17) is 4.52 Å². The number of hydrogen-bond acceptors (Lipinski definition) is 6. The molecular formula is C18H17BrN4O4. The van der Waals surface area contributed by atoms with Crippen LogP contribution in [0.15, 0.2) is 33.3 Å². The maximum atomic E-state index is 12.7. The third-order valence-corrected chi connectivity index (χ3v) is 5.36. The quantitative estimate of drug-likeness (QED) is 0.543. The summed E-state index contributed by atoms with van der Waals surface area (Å²) in [5, 5.41) is 3.89. The van der Waals surface area contributed by atoms with E-state index >= 15 is 0 Å². The minimum absolute atomic E-state index is 0.102. The number of halogens is 1. The summed E-state index contributed by atoms with van der Waals surface area (Å²) >= 11 is 3.38. The molecule has 2 fully saturated rings. The number of aromatic nitrogens is 2. The Bertz CT molecular complexity index is 906. The lowest BCUT2D eigenvalue weighted by molar-refractivity contribution is -0.144. The van der Waals surface area contributed by atoms with Gasteiger partial charge in [0.1, 0.15) is 6.54 Å². The van der Waals surface area contributed by atoms with E-state index in [9.17, 15) is 14.4 Å². The van der Waals surface area contributed by atoms with Crippen LogP contribution in [0.1, 0.15) is 38.0 Å². The molecular weight excluding hydrogens is 416 g/mol. The number of carbonyl (C=O) groups excluding carboxylic acids is 3. The van der Waals surface area contributed by atoms with Gasteiger partial charge in [0.05, 0.1) is 0 Å². The SMILES string of the molecule is O=C1C(=O)N(C2CCCCC2)C(=O)N1Cc1nc(-c2cccc(Br)c2)no1. The van der Waals surface area contributed by atoms with Crippen molar-refractivity contribution >= 4 is 33.8 Å². The topological polar surface area (TPSA) is 96.6 Å². The summed E-state index contributed by atoms with van der Waals surface area (Å²) in [6, 6.07) is 6.56. The molecule has 140 valence electrons. The van der Waals surface area contributed by atoms with E-state index in [0.717, 1.165) is 51.9 Å². The molecule has 0 radical (unpaired) electrons. The summed E-state index contributed by atoms with van der Waals surface area (Å²) in [4.78, 5) is 43.5. The second-order valence-corrected chi connectivity index (χ2v) is 7.58. The van der Waals surface area contributed by atoms with Gasteiger partial charge in [-0.2, -0.15) is 4.98 Å². The Morgan fingerprint density at radius 2 is 1.89 bits per heavy atom. The van der Waals surface area contributed by atoms with Crippen LogP contribution in [-0.2, 0) is 16.1 Å². The van der Waals surface area contributed by atoms with Gasteiger partial charge in [0.15, 0.2) is 0 Å². The minimum Gasteiger partial charge on any atom is -0.337 e. The summed E-state index contributed by atoms with van der Waals surface area (Å²) in [5.74, 6) is -1.16. The molecule has 1 aliphatic heterocycles. The maximum Gasteiger partial charge on any atom is 0.334 e. The summed E-state index contributed by atoms with van der Waals surface area (Å²) in [5.41, 5.74) is 0.735. The zero-order chi connectivity index (χ0) is 19.0. The van der Waals surface area contributed by atoms with Gasteiger partial charge in [-0.3, -0.25) is 14.5 Å². The molecule has 8 nitrogen and oxygen atoms in total. The van der Waals surface area contributed by atoms with Gasteiger partial charge in [-0.1, -0.05) is 52.5 Å². The minimum atomic E-state index is -0.840. The molecule has 0 N–H and O–H groups in total. The second kappa shape index (κ2) is 7.22. The maximum absolute atomic E-state index is 12.7. The standard InChI is InChI=1S/C18H17BrN4O4/c19-12-6-4-5-11(9-12)15-20-14(27-21-15)10-22-16(24)17(25)23(18(22)26)13-7-2-1-3-8-13/h4-6,9,13H,1-3,7-8,10H2. The van der Waals surface area contributed by atoms with E-state index in [2.05, 4.69) is 26.1 Å². The number of amides is 4. The van der Waals surface area contributed by atoms with Gasteiger partial charge >= 0.3 is 17.8 Å². The summed E-state index contributed by atoms with van der Waals surface area (Å²) in [6.07, 6.45) is 4.48. The number of benzene rings is 1. The lowest BCUT2D eigenvalue weighted by Gasteiger charge is -2.28. The molecule has 1 aliphatic carbocycles. The highest BCUT2D eigenvalue weighted by Crippen LogP contribution is 2.28. The van der Waals surface area contributed by atoms with Gasteiger partial charge < -0.3 is 4.52 Å². The number of nitrogens with zero attached hydrogens (tertiary/aromatic N) is 4. The predicted octanol–water partition coefficient (Wildman–Crippen LogP) is 3.12. The van der Waals surface area contributed by atoms with Gasteiger partial charge in [0.2, 0.25) is 11.7 Å². The molecule has 4 amide bonds. The van der Waals surface area contributed by atoms with E-state index in [1.807, 2.05) is 24.3 Å². The van der Waals surface area contributed by atoms with E-state index in [1.165, 1.54) is 0 Å². The van der Waals surface area contributed by atoms with Crippen LogP contribution in [0.25, 0.3) is 11.4 Å². The number of carbonyl (C=O) groups is 3. The van der Waals surface area contributed by atoms with Crippen molar-refractivity contribution in [2.45, 2.75) is 44.7 Å². The van der Waals surface area contributed by atoms with Crippen molar-refractivity contribution in [3.63, 3.8) is 0 Å². The lowest BCUT2D eigenvalue weighted by Crippen LogP contribution is -2.42. The first-order valence-electron chi connectivity index (χ1n) is 8.82. The zero-order valence-corrected chi connectivity index (χ0v) is 16.0. The smallest absolute Gasteiger partial charge is 0.334 e. The van der Waals surface area contributed by atoms with Gasteiger partial charge in [0.25, 0.3) is 0 Å². The van der Waals surface area contributed by atoms with Crippen molar-refractivity contribution in [1.29, 1.82) is 0 Å². The molecule has 4 rings (SSSR count). The molecule has 0 bridgehead atoms. The van der Waals surface area contributed by atoms with Gasteiger partial charge in [-0.25, -0.2) is 9.69 Å². The van der Waals surface area contributed by atoms with Crippen molar-refractivity contribution in [2.24, 2.45) is 0 Å². The highest BCUT2D eigenvalue weighted by molar-refractivity contribution is 9.10. The van der Waals surface area contributed by atoms with Crippen LogP contribution in [0.2, 0.25) is 0 Å². The Morgan fingerprint density at radius 3 is 2.63 bits per heavy atom. The Kier molecular flexibility index (Phi) is 4.77. The summed E-state index contributed by atoms with van der Waals surface area (Å²) in [6.45, 7) is -0.215. The molecule has 0 unspecified atom stereocenters. The Labute approximate surface area is 163 Å². The van der Waals surface area contributed by atoms with Crippen LogP contribution in [0.5, 0.6) is 0 Å². The van der Waals surface area contributed by atoms with Crippen molar-refractivity contribution in [3.05, 3.63) is 34.6 Å². The second-order valence-electron chi connectivity index (χ2n) is 6.66. The van der Waals surface area contributed by atoms with Crippen molar-refractivity contribution in [2.75, 3.05) is 0 Å². The third-order valence-electron chi connectivity index (χ3n) is 4.87. The van der Waals surface area contributed by atoms with E-state index < -0.39 is 17.8 Å². The fraction of sp³-hybridized carbons (Fsp3) is 0.389. The van der Waals surface area contributed by atoms with Crippen molar-refractivity contribution in [1.82, 2.24) is 19.9 Å². The van der Waals surface area contributed by atoms with Crippen LogP contribution in [-0.4, -0.2) is 43.8 Å². The molecule has 9 heteroatoms. The fourth-order valence-corrected chi connectivity index (χ4v) is 3.92. The molecule has 1 aromatic heterocycles. The Morgan fingerprint density at radius 1 is 1.11 bits per heavy atom. The van der Waals surface area contributed by atoms with Crippen LogP contribution in [0, 0.1) is 0 Å². The third kappa shape index (κ3) is 3.39. The summed E-state index contributed by atoms with van der Waals surface area (Å²) < 4.78 is 6.05. The normalized spacial score (nSPS) is 18.6. The largest absolute Gasteiger partial charge is 0.337 e. The molecule has 27 heavy (non-hydrogen) atoms. The first-order chi connectivity index (χ1) is 13.0. The van der Waals surface area contributed by atoms with E-state index in [1.54, 1.807) is 0 Å². The number of urea groups is 1. The predicted molar refractivity (Wildman–Crippen MR) is 97.1 cm³/mol. The zero-order valence-electron chi connectivity index (χ0n) is 14.4. The molecule has 1 saturated heterocycles. The van der Waals surface area contributed by atoms with Gasteiger partial charge in [0, 0.05) is 16.1 Å². The summed E-state index contributed by atoms with van der Waals surface area (Å²) in [7, 11) is 0. The molecule has 2 aromatic rings. The van der Waals surface area contributed by atoms with Crippen molar-refractivity contribution < 1.29 is 18.9 Å². The molecule has 0 spiro atoms. The monoisotopic (exact) mass is 432 g/mol. The first kappa shape index (κ1) is 17.8. The molecule has 1 aromatic carbocycles. The fourth-order valence-electron chi connectivity index (χ4n) is 3.52. The Hall–Kier alpha value is -2.55. The van der Waals surface area contributed by atoms with E-state index in [-0.39, 0.29) is 18.5 Å². The van der Waals surface area contributed by atoms with Crippen LogP contribution in [0.4, 0.5) is 4.79 Å². The highest BCUT2D eigenvalue weighted by atomic mass is 79.9. The molecule has 2 heterocycles.